The van der Waals surface area contributed by atoms with Crippen LogP contribution in [0, 0.1) is 0 Å². The molecule has 2 aromatic rings. The highest BCUT2D eigenvalue weighted by Crippen LogP contribution is 2.26. The van der Waals surface area contributed by atoms with Crippen molar-refractivity contribution < 1.29 is 13.2 Å². The Morgan fingerprint density at radius 1 is 1.15 bits per heavy atom. The number of nitrogens with one attached hydrogen (secondary N) is 1. The van der Waals surface area contributed by atoms with Gasteiger partial charge in [-0.3, -0.25) is 9.52 Å². The summed E-state index contributed by atoms with van der Waals surface area (Å²) >= 11 is 3.30. The van der Waals surface area contributed by atoms with Gasteiger partial charge < -0.3 is 4.90 Å². The molecule has 1 saturated heterocycles. The number of carbonyl (C=O) groups is 1. The molecule has 7 heteroatoms. The maximum Gasteiger partial charge on any atom is 0.261 e. The standard InChI is InChI=1S/C20H23BrN2O3S/c1-2-16-7-5-6-14-23(16)20(24)18-8-3-4-9-19(18)22-27(25,26)17-12-10-15(21)11-13-17/h3-4,8-13,16,22H,2,5-7,14H2,1H3/t16-/m1/s1. The van der Waals surface area contributed by atoms with E-state index in [1.54, 1.807) is 36.4 Å². The molecule has 0 radical (unpaired) electrons. The lowest BCUT2D eigenvalue weighted by Crippen LogP contribution is -2.43. The molecule has 0 aromatic heterocycles. The van der Waals surface area contributed by atoms with Crippen LogP contribution in [0.4, 0.5) is 5.69 Å². The topological polar surface area (TPSA) is 66.5 Å². The van der Waals surface area contributed by atoms with Crippen LogP contribution in [0.15, 0.2) is 57.9 Å². The second kappa shape index (κ2) is 8.44. The molecule has 144 valence electrons. The Kier molecular flexibility index (Phi) is 6.22. The molecule has 27 heavy (non-hydrogen) atoms. The number of anilines is 1. The van der Waals surface area contributed by atoms with E-state index in [1.165, 1.54) is 12.1 Å². The van der Waals surface area contributed by atoms with Crippen LogP contribution >= 0.6 is 15.9 Å². The Bertz CT molecular complexity index is 913. The van der Waals surface area contributed by atoms with Crippen LogP contribution in [0.25, 0.3) is 0 Å². The molecule has 0 aliphatic carbocycles. The molecule has 0 unspecified atom stereocenters. The van der Waals surface area contributed by atoms with Gasteiger partial charge in [-0.15, -0.1) is 0 Å². The molecule has 1 fully saturated rings. The van der Waals surface area contributed by atoms with Gasteiger partial charge in [-0.05, 0) is 62.1 Å². The summed E-state index contributed by atoms with van der Waals surface area (Å²) in [5.41, 5.74) is 0.699. The van der Waals surface area contributed by atoms with Crippen molar-refractivity contribution in [1.29, 1.82) is 0 Å². The highest BCUT2D eigenvalue weighted by molar-refractivity contribution is 9.10. The first-order valence-corrected chi connectivity index (χ1v) is 11.4. The van der Waals surface area contributed by atoms with Gasteiger partial charge in [-0.2, -0.15) is 0 Å². The van der Waals surface area contributed by atoms with Gasteiger partial charge in [0.25, 0.3) is 15.9 Å². The minimum Gasteiger partial charge on any atom is -0.336 e. The number of hydrogen-bond donors (Lipinski definition) is 1. The summed E-state index contributed by atoms with van der Waals surface area (Å²) in [6.07, 6.45) is 4.00. The zero-order valence-electron chi connectivity index (χ0n) is 15.2. The highest BCUT2D eigenvalue weighted by Gasteiger charge is 2.28. The Hall–Kier alpha value is -1.86. The van der Waals surface area contributed by atoms with Crippen molar-refractivity contribution in [3.63, 3.8) is 0 Å². The van der Waals surface area contributed by atoms with Crippen molar-refractivity contribution in [2.75, 3.05) is 11.3 Å². The number of halogens is 1. The van der Waals surface area contributed by atoms with Gasteiger partial charge in [0.2, 0.25) is 0 Å². The first-order chi connectivity index (χ1) is 12.9. The van der Waals surface area contributed by atoms with E-state index in [9.17, 15) is 13.2 Å². The van der Waals surface area contributed by atoms with Crippen molar-refractivity contribution in [3.05, 3.63) is 58.6 Å². The number of carbonyl (C=O) groups excluding carboxylic acids is 1. The average molecular weight is 451 g/mol. The normalized spacial score (nSPS) is 17.6. The van der Waals surface area contributed by atoms with E-state index in [0.29, 0.717) is 17.8 Å². The van der Waals surface area contributed by atoms with Crippen LogP contribution in [0.2, 0.25) is 0 Å². The Morgan fingerprint density at radius 3 is 2.56 bits per heavy atom. The maximum atomic E-state index is 13.1. The van der Waals surface area contributed by atoms with Crippen molar-refractivity contribution in [1.82, 2.24) is 4.90 Å². The first-order valence-electron chi connectivity index (χ1n) is 9.11. The number of nitrogens with zero attached hydrogens (tertiary/aromatic N) is 1. The highest BCUT2D eigenvalue weighted by atomic mass is 79.9. The first kappa shape index (κ1) is 19.9. The number of piperidine rings is 1. The summed E-state index contributed by atoms with van der Waals surface area (Å²) in [5.74, 6) is -0.115. The molecule has 2 aromatic carbocycles. The monoisotopic (exact) mass is 450 g/mol. The summed E-state index contributed by atoms with van der Waals surface area (Å²) in [4.78, 5) is 15.2. The summed E-state index contributed by atoms with van der Waals surface area (Å²) in [5, 5.41) is 0. The number of benzene rings is 2. The number of amides is 1. The van der Waals surface area contributed by atoms with Crippen LogP contribution < -0.4 is 4.72 Å². The third-order valence-electron chi connectivity index (χ3n) is 4.88. The van der Waals surface area contributed by atoms with E-state index in [1.807, 2.05) is 4.90 Å². The summed E-state index contributed by atoms with van der Waals surface area (Å²) in [6, 6.07) is 13.4. The van der Waals surface area contributed by atoms with Gasteiger partial charge in [0, 0.05) is 17.1 Å². The van der Waals surface area contributed by atoms with Crippen molar-refractivity contribution >= 4 is 37.5 Å². The van der Waals surface area contributed by atoms with E-state index in [2.05, 4.69) is 27.6 Å². The van der Waals surface area contributed by atoms with Crippen LogP contribution in [0.5, 0.6) is 0 Å². The average Bonchev–Trinajstić information content (AvgIpc) is 2.68. The van der Waals surface area contributed by atoms with E-state index in [4.69, 9.17) is 0 Å². The van der Waals surface area contributed by atoms with Gasteiger partial charge in [-0.25, -0.2) is 8.42 Å². The summed E-state index contributed by atoms with van der Waals surface area (Å²) in [7, 11) is -3.78. The van der Waals surface area contributed by atoms with Gasteiger partial charge in [-0.1, -0.05) is 35.0 Å². The van der Waals surface area contributed by atoms with Gasteiger partial charge >= 0.3 is 0 Å². The van der Waals surface area contributed by atoms with Gasteiger partial charge in [0.05, 0.1) is 16.1 Å². The summed E-state index contributed by atoms with van der Waals surface area (Å²) in [6.45, 7) is 2.80. The molecule has 5 nitrogen and oxygen atoms in total. The Morgan fingerprint density at radius 2 is 1.85 bits per heavy atom. The fraction of sp³-hybridized carbons (Fsp3) is 0.350. The molecule has 1 aliphatic heterocycles. The Labute approximate surface area is 169 Å². The Balaban J connectivity index is 1.89. The van der Waals surface area contributed by atoms with Crippen molar-refractivity contribution in [2.24, 2.45) is 0 Å². The predicted octanol–water partition coefficient (Wildman–Crippen LogP) is 4.65. The van der Waals surface area contributed by atoms with E-state index in [-0.39, 0.29) is 16.8 Å². The molecule has 3 rings (SSSR count). The third-order valence-corrected chi connectivity index (χ3v) is 6.80. The maximum absolute atomic E-state index is 13.1. The largest absolute Gasteiger partial charge is 0.336 e. The number of sulfonamides is 1. The molecule has 0 saturated carbocycles. The molecule has 0 bridgehead atoms. The third kappa shape index (κ3) is 4.52. The molecule has 1 amide bonds. The summed E-state index contributed by atoms with van der Waals surface area (Å²) < 4.78 is 28.9. The van der Waals surface area contributed by atoms with Gasteiger partial charge in [0.1, 0.15) is 0 Å². The van der Waals surface area contributed by atoms with Crippen LogP contribution in [0.1, 0.15) is 43.0 Å². The number of likely N-dealkylation sites (tertiary alicyclic amines) is 1. The van der Waals surface area contributed by atoms with Crippen LogP contribution in [0.3, 0.4) is 0 Å². The van der Waals surface area contributed by atoms with Crippen LogP contribution in [-0.4, -0.2) is 31.8 Å². The lowest BCUT2D eigenvalue weighted by Gasteiger charge is -2.35. The smallest absolute Gasteiger partial charge is 0.261 e. The van der Waals surface area contributed by atoms with E-state index in [0.717, 1.165) is 30.2 Å². The number of hydrogen-bond acceptors (Lipinski definition) is 3. The van der Waals surface area contributed by atoms with Crippen molar-refractivity contribution in [2.45, 2.75) is 43.5 Å². The zero-order valence-corrected chi connectivity index (χ0v) is 17.6. The molecule has 1 heterocycles. The SMILES string of the molecule is CC[C@@H]1CCCCN1C(=O)c1ccccc1NS(=O)(=O)c1ccc(Br)cc1. The lowest BCUT2D eigenvalue weighted by molar-refractivity contribution is 0.0609. The number of rotatable bonds is 5. The van der Waals surface area contributed by atoms with E-state index >= 15 is 0 Å². The fourth-order valence-corrected chi connectivity index (χ4v) is 4.77. The second-order valence-electron chi connectivity index (χ2n) is 6.66. The van der Waals surface area contributed by atoms with E-state index < -0.39 is 10.0 Å². The second-order valence-corrected chi connectivity index (χ2v) is 9.26. The molecule has 0 spiro atoms. The quantitative estimate of drug-likeness (QED) is 0.720. The van der Waals surface area contributed by atoms with Crippen LogP contribution in [-0.2, 0) is 10.0 Å². The fourth-order valence-electron chi connectivity index (χ4n) is 3.42. The minimum absolute atomic E-state index is 0.115. The molecular formula is C20H23BrN2O3S. The zero-order chi connectivity index (χ0) is 19.4. The van der Waals surface area contributed by atoms with Crippen molar-refractivity contribution in [3.8, 4) is 0 Å². The minimum atomic E-state index is -3.78. The lowest BCUT2D eigenvalue weighted by atomic mass is 9.98. The molecule has 1 N–H and O–H groups in total. The molecular weight excluding hydrogens is 428 g/mol. The van der Waals surface area contributed by atoms with Gasteiger partial charge in [0.15, 0.2) is 0 Å². The molecule has 1 aliphatic rings. The predicted molar refractivity (Wildman–Crippen MR) is 110 cm³/mol. The number of para-hydroxylation sites is 1. The molecule has 1 atom stereocenters.